The zero-order chi connectivity index (χ0) is 25.4. The third-order valence-electron chi connectivity index (χ3n) is 8.21. The lowest BCUT2D eigenvalue weighted by atomic mass is 9.75. The van der Waals surface area contributed by atoms with Crippen molar-refractivity contribution in [2.24, 2.45) is 0 Å². The lowest BCUT2D eigenvalue weighted by molar-refractivity contribution is -0.144. The summed E-state index contributed by atoms with van der Waals surface area (Å²) in [6.45, 7) is 6.64. The van der Waals surface area contributed by atoms with Gasteiger partial charge < -0.3 is 9.80 Å². The second-order valence-corrected chi connectivity index (χ2v) is 10.6. The van der Waals surface area contributed by atoms with Crippen LogP contribution >= 0.6 is 0 Å². The van der Waals surface area contributed by atoms with Crippen molar-refractivity contribution >= 4 is 23.4 Å². The standard InChI is InChI=1S/C29H34FN3O3/c1-20-10-11-21(2)25(16-20)31-12-14-32(15-13-31)26(34)18-29(22-6-5-7-23(30)17-22)19-27(35)33(28(29)36)24-8-3-4-9-24/h5-7,10-11,16-17,24H,3-4,8-9,12-15,18-19H2,1-2H3. The van der Waals surface area contributed by atoms with Crippen molar-refractivity contribution in [1.29, 1.82) is 0 Å². The minimum Gasteiger partial charge on any atom is -0.368 e. The smallest absolute Gasteiger partial charge is 0.241 e. The first-order valence-electron chi connectivity index (χ1n) is 13.0. The summed E-state index contributed by atoms with van der Waals surface area (Å²) >= 11 is 0. The first kappa shape index (κ1) is 24.5. The molecule has 1 aliphatic carbocycles. The van der Waals surface area contributed by atoms with Gasteiger partial charge in [-0.1, -0.05) is 37.1 Å². The van der Waals surface area contributed by atoms with Gasteiger partial charge in [-0.2, -0.15) is 0 Å². The van der Waals surface area contributed by atoms with Crippen molar-refractivity contribution in [3.8, 4) is 0 Å². The summed E-state index contributed by atoms with van der Waals surface area (Å²) in [6, 6.07) is 12.1. The van der Waals surface area contributed by atoms with E-state index in [2.05, 4.69) is 36.9 Å². The average molecular weight is 492 g/mol. The van der Waals surface area contributed by atoms with Gasteiger partial charge in [-0.25, -0.2) is 4.39 Å². The number of likely N-dealkylation sites (tertiary alicyclic amines) is 1. The molecule has 2 saturated heterocycles. The molecule has 1 unspecified atom stereocenters. The summed E-state index contributed by atoms with van der Waals surface area (Å²) < 4.78 is 14.3. The van der Waals surface area contributed by atoms with E-state index in [1.807, 2.05) is 0 Å². The van der Waals surface area contributed by atoms with Crippen LogP contribution in [0.2, 0.25) is 0 Å². The van der Waals surface area contributed by atoms with Crippen LogP contribution in [0.3, 0.4) is 0 Å². The highest BCUT2D eigenvalue weighted by atomic mass is 19.1. The summed E-state index contributed by atoms with van der Waals surface area (Å²) in [5.41, 5.74) is 2.66. The van der Waals surface area contributed by atoms with Crippen molar-refractivity contribution in [1.82, 2.24) is 9.80 Å². The maximum absolute atomic E-state index is 14.3. The van der Waals surface area contributed by atoms with E-state index < -0.39 is 11.2 Å². The van der Waals surface area contributed by atoms with Crippen LogP contribution in [0.1, 0.15) is 55.2 Å². The second kappa shape index (κ2) is 9.68. The number of carbonyl (C=O) groups excluding carboxylic acids is 3. The topological polar surface area (TPSA) is 60.9 Å². The first-order chi connectivity index (χ1) is 17.3. The van der Waals surface area contributed by atoms with Gasteiger partial charge in [0.2, 0.25) is 17.7 Å². The first-order valence-corrected chi connectivity index (χ1v) is 13.0. The zero-order valence-corrected chi connectivity index (χ0v) is 21.1. The van der Waals surface area contributed by atoms with E-state index >= 15 is 0 Å². The minimum absolute atomic E-state index is 0.0834. The molecule has 190 valence electrons. The Morgan fingerprint density at radius 1 is 1.00 bits per heavy atom. The Kier molecular flexibility index (Phi) is 6.58. The summed E-state index contributed by atoms with van der Waals surface area (Å²) in [6.07, 6.45) is 3.36. The number of nitrogens with zero attached hydrogens (tertiary/aromatic N) is 3. The Morgan fingerprint density at radius 3 is 2.42 bits per heavy atom. The molecule has 0 bridgehead atoms. The third kappa shape index (κ3) is 4.40. The molecule has 0 radical (unpaired) electrons. The fraction of sp³-hybridized carbons (Fsp3) is 0.483. The number of amides is 3. The highest BCUT2D eigenvalue weighted by Crippen LogP contribution is 2.43. The highest BCUT2D eigenvalue weighted by Gasteiger charge is 2.56. The van der Waals surface area contributed by atoms with Crippen molar-refractivity contribution < 1.29 is 18.8 Å². The van der Waals surface area contributed by atoms with E-state index in [4.69, 9.17) is 0 Å². The molecule has 2 aromatic carbocycles. The molecule has 3 aliphatic rings. The van der Waals surface area contributed by atoms with Crippen LogP contribution in [0.25, 0.3) is 0 Å². The van der Waals surface area contributed by atoms with Crippen LogP contribution in [-0.4, -0.2) is 59.7 Å². The van der Waals surface area contributed by atoms with Crippen molar-refractivity contribution in [2.45, 2.75) is 63.8 Å². The lowest BCUT2D eigenvalue weighted by Crippen LogP contribution is -2.51. The van der Waals surface area contributed by atoms with Crippen molar-refractivity contribution in [3.63, 3.8) is 0 Å². The Balaban J connectivity index is 1.36. The van der Waals surface area contributed by atoms with E-state index in [9.17, 15) is 18.8 Å². The van der Waals surface area contributed by atoms with Crippen LogP contribution in [-0.2, 0) is 19.8 Å². The minimum atomic E-state index is -1.34. The Hall–Kier alpha value is -3.22. The fourth-order valence-corrected chi connectivity index (χ4v) is 6.17. The maximum atomic E-state index is 14.3. The van der Waals surface area contributed by atoms with Crippen molar-refractivity contribution in [2.75, 3.05) is 31.1 Å². The van der Waals surface area contributed by atoms with E-state index in [0.29, 0.717) is 31.7 Å². The van der Waals surface area contributed by atoms with Gasteiger partial charge in [-0.05, 0) is 61.6 Å². The van der Waals surface area contributed by atoms with Crippen LogP contribution in [0, 0.1) is 19.7 Å². The number of rotatable bonds is 5. The average Bonchev–Trinajstić information content (AvgIpc) is 3.47. The monoisotopic (exact) mass is 491 g/mol. The number of imide groups is 1. The molecular formula is C29H34FN3O3. The fourth-order valence-electron chi connectivity index (χ4n) is 6.17. The lowest BCUT2D eigenvalue weighted by Gasteiger charge is -2.38. The predicted molar refractivity (Wildman–Crippen MR) is 136 cm³/mol. The quantitative estimate of drug-likeness (QED) is 0.591. The normalized spacial score (nSPS) is 23.1. The molecule has 1 atom stereocenters. The Labute approximate surface area is 212 Å². The number of hydrogen-bond donors (Lipinski definition) is 0. The Bertz CT molecular complexity index is 1180. The zero-order valence-electron chi connectivity index (χ0n) is 21.1. The summed E-state index contributed by atoms with van der Waals surface area (Å²) in [4.78, 5) is 46.1. The van der Waals surface area contributed by atoms with Gasteiger partial charge in [0.05, 0.1) is 5.41 Å². The number of hydrogen-bond acceptors (Lipinski definition) is 4. The molecular weight excluding hydrogens is 457 g/mol. The molecule has 6 nitrogen and oxygen atoms in total. The summed E-state index contributed by atoms with van der Waals surface area (Å²) in [5.74, 6) is -1.22. The number of anilines is 1. The van der Waals surface area contributed by atoms with E-state index in [0.717, 1.165) is 25.7 Å². The third-order valence-corrected chi connectivity index (χ3v) is 8.21. The van der Waals surface area contributed by atoms with Gasteiger partial charge in [0.15, 0.2) is 0 Å². The maximum Gasteiger partial charge on any atom is 0.241 e. The molecule has 0 N–H and O–H groups in total. The summed E-state index contributed by atoms with van der Waals surface area (Å²) in [7, 11) is 0. The van der Waals surface area contributed by atoms with Gasteiger partial charge in [-0.15, -0.1) is 0 Å². The van der Waals surface area contributed by atoms with Gasteiger partial charge >= 0.3 is 0 Å². The number of piperazine rings is 1. The second-order valence-electron chi connectivity index (χ2n) is 10.6. The molecule has 5 rings (SSSR count). The Morgan fingerprint density at radius 2 is 1.72 bits per heavy atom. The van der Waals surface area contributed by atoms with Crippen LogP contribution in [0.4, 0.5) is 10.1 Å². The molecule has 2 aromatic rings. The van der Waals surface area contributed by atoms with Gasteiger partial charge in [-0.3, -0.25) is 19.3 Å². The van der Waals surface area contributed by atoms with Crippen LogP contribution < -0.4 is 4.90 Å². The number of halogens is 1. The molecule has 1 saturated carbocycles. The van der Waals surface area contributed by atoms with Gasteiger partial charge in [0.25, 0.3) is 0 Å². The summed E-state index contributed by atoms with van der Waals surface area (Å²) in [5, 5.41) is 0. The highest BCUT2D eigenvalue weighted by molar-refractivity contribution is 6.11. The largest absolute Gasteiger partial charge is 0.368 e. The van der Waals surface area contributed by atoms with Crippen LogP contribution in [0.15, 0.2) is 42.5 Å². The van der Waals surface area contributed by atoms with Gasteiger partial charge in [0.1, 0.15) is 5.82 Å². The predicted octanol–water partition coefficient (Wildman–Crippen LogP) is 4.12. The molecule has 7 heteroatoms. The molecule has 3 amide bonds. The van der Waals surface area contributed by atoms with Crippen molar-refractivity contribution in [3.05, 3.63) is 65.0 Å². The van der Waals surface area contributed by atoms with E-state index in [1.165, 1.54) is 33.8 Å². The number of carbonyl (C=O) groups is 3. The van der Waals surface area contributed by atoms with E-state index in [1.54, 1.807) is 17.0 Å². The molecule has 3 fully saturated rings. The molecule has 0 spiro atoms. The molecule has 2 heterocycles. The molecule has 0 aromatic heterocycles. The van der Waals surface area contributed by atoms with Gasteiger partial charge in [0, 0.05) is 50.7 Å². The van der Waals surface area contributed by atoms with E-state index in [-0.39, 0.29) is 36.6 Å². The SMILES string of the molecule is Cc1ccc(C)c(N2CCN(C(=O)CC3(c4cccc(F)c4)CC(=O)N(C4CCCC4)C3=O)CC2)c1. The molecule has 2 aliphatic heterocycles. The van der Waals surface area contributed by atoms with Crippen LogP contribution in [0.5, 0.6) is 0 Å². The number of benzene rings is 2. The molecule has 36 heavy (non-hydrogen) atoms. The number of aryl methyl sites for hydroxylation is 2.